The van der Waals surface area contributed by atoms with Crippen LogP contribution in [0.3, 0.4) is 0 Å². The van der Waals surface area contributed by atoms with Gasteiger partial charge < -0.3 is 0 Å². The van der Waals surface area contributed by atoms with Gasteiger partial charge in [0.1, 0.15) is 0 Å². The molecule has 1 aliphatic carbocycles. The molecule has 2 aromatic heterocycles. The summed E-state index contributed by atoms with van der Waals surface area (Å²) in [5.74, 6) is 0.892. The van der Waals surface area contributed by atoms with E-state index in [0.717, 1.165) is 27.8 Å². The van der Waals surface area contributed by atoms with Gasteiger partial charge in [0.2, 0.25) is 5.13 Å². The molecule has 0 saturated heterocycles. The number of aryl methyl sites for hydroxylation is 2. The number of hydrogen-bond acceptors (Lipinski definition) is 6. The maximum absolute atomic E-state index is 12.1. The number of nitrogens with zero attached hydrogens (tertiary/aromatic N) is 2. The molecule has 0 fully saturated rings. The second kappa shape index (κ2) is 5.60. The minimum Gasteiger partial charge on any atom is -0.296 e. The van der Waals surface area contributed by atoms with Crippen molar-refractivity contribution >= 4 is 45.5 Å². The molecule has 0 unspecified atom stereocenters. The van der Waals surface area contributed by atoms with E-state index in [2.05, 4.69) is 22.4 Å². The number of anilines is 1. The molecule has 0 aliphatic heterocycles. The molecule has 1 aliphatic rings. The Labute approximate surface area is 123 Å². The van der Waals surface area contributed by atoms with Gasteiger partial charge in [-0.2, -0.15) is 0 Å². The molecule has 0 radical (unpaired) electrons. The Kier molecular flexibility index (Phi) is 3.86. The van der Waals surface area contributed by atoms with Gasteiger partial charge in [-0.05, 0) is 36.6 Å². The van der Waals surface area contributed by atoms with Crippen LogP contribution in [0.5, 0.6) is 0 Å². The number of carbonyl (C=O) groups excluding carboxylic acids is 1. The van der Waals surface area contributed by atoms with Gasteiger partial charge in [-0.1, -0.05) is 30.0 Å². The molecule has 0 spiro atoms. The fourth-order valence-electron chi connectivity index (χ4n) is 2.04. The molecule has 2 heterocycles. The molecule has 4 nitrogen and oxygen atoms in total. The number of aromatic nitrogens is 2. The van der Waals surface area contributed by atoms with E-state index in [0.29, 0.717) is 5.13 Å². The Bertz CT molecular complexity index is 584. The second-order valence-corrected chi connectivity index (χ2v) is 7.80. The molecular weight excluding hydrogens is 298 g/mol. The fraction of sp³-hybridized carbons (Fsp3) is 0.417. The van der Waals surface area contributed by atoms with Crippen LogP contribution in [-0.4, -0.2) is 21.9 Å². The molecule has 1 N–H and O–H groups in total. The smallest absolute Gasteiger partial charge is 0.267 e. The van der Waals surface area contributed by atoms with Gasteiger partial charge in [-0.15, -0.1) is 21.5 Å². The summed E-state index contributed by atoms with van der Waals surface area (Å²) in [4.78, 5) is 14.3. The normalized spacial score (nSPS) is 13.5. The van der Waals surface area contributed by atoms with Crippen LogP contribution >= 0.6 is 34.4 Å². The summed E-state index contributed by atoms with van der Waals surface area (Å²) in [5.41, 5.74) is 1.34. The molecule has 0 atom stereocenters. The highest BCUT2D eigenvalue weighted by atomic mass is 32.2. The van der Waals surface area contributed by atoms with Gasteiger partial charge in [0, 0.05) is 4.88 Å². The van der Waals surface area contributed by atoms with Gasteiger partial charge in [0.15, 0.2) is 4.34 Å². The third-order valence-electron chi connectivity index (χ3n) is 2.87. The fourth-order valence-corrected chi connectivity index (χ4v) is 4.83. The van der Waals surface area contributed by atoms with Crippen LogP contribution in [0.25, 0.3) is 0 Å². The first-order valence-corrected chi connectivity index (χ1v) is 8.77. The molecule has 2 aromatic rings. The number of thioether (sulfide) groups is 1. The lowest BCUT2D eigenvalue weighted by Crippen LogP contribution is -2.09. The van der Waals surface area contributed by atoms with Crippen LogP contribution in [0, 0.1) is 0 Å². The number of fused-ring (bicyclic) bond motifs is 1. The van der Waals surface area contributed by atoms with E-state index >= 15 is 0 Å². The summed E-state index contributed by atoms with van der Waals surface area (Å²) in [6, 6.07) is 2.02. The summed E-state index contributed by atoms with van der Waals surface area (Å²) in [6.45, 7) is 2.07. The SMILES string of the molecule is CCSc1nnc(NC(=O)c2cc3c(s2)CCC3)s1. The lowest BCUT2D eigenvalue weighted by Gasteiger charge is -1.97. The zero-order chi connectivity index (χ0) is 13.2. The Morgan fingerprint density at radius 1 is 1.42 bits per heavy atom. The van der Waals surface area contributed by atoms with Crippen molar-refractivity contribution in [3.8, 4) is 0 Å². The third kappa shape index (κ3) is 2.82. The van der Waals surface area contributed by atoms with E-state index in [1.807, 2.05) is 6.07 Å². The second-order valence-electron chi connectivity index (χ2n) is 4.17. The average Bonchev–Trinajstić information content (AvgIpc) is 3.03. The summed E-state index contributed by atoms with van der Waals surface area (Å²) in [5, 5.41) is 11.4. The van der Waals surface area contributed by atoms with E-state index in [1.165, 1.54) is 28.2 Å². The number of nitrogens with one attached hydrogen (secondary N) is 1. The summed E-state index contributed by atoms with van der Waals surface area (Å²) in [6.07, 6.45) is 3.44. The van der Waals surface area contributed by atoms with E-state index in [1.54, 1.807) is 23.1 Å². The highest BCUT2D eigenvalue weighted by molar-refractivity contribution is 8.01. The highest BCUT2D eigenvalue weighted by Gasteiger charge is 2.19. The Morgan fingerprint density at radius 3 is 3.11 bits per heavy atom. The lowest BCUT2D eigenvalue weighted by molar-refractivity contribution is 0.103. The molecular formula is C12H13N3OS3. The minimum absolute atomic E-state index is 0.0661. The van der Waals surface area contributed by atoms with Crippen LogP contribution in [0.15, 0.2) is 10.4 Å². The number of hydrogen-bond donors (Lipinski definition) is 1. The van der Waals surface area contributed by atoms with Gasteiger partial charge in [-0.25, -0.2) is 0 Å². The largest absolute Gasteiger partial charge is 0.296 e. The number of thiophene rings is 1. The van der Waals surface area contributed by atoms with Crippen molar-refractivity contribution in [1.82, 2.24) is 10.2 Å². The standard InChI is InChI=1S/C12H13N3OS3/c1-2-17-12-15-14-11(19-12)13-10(16)9-6-7-4-3-5-8(7)18-9/h6H,2-5H2,1H3,(H,13,14,16). The quantitative estimate of drug-likeness (QED) is 0.694. The first-order chi connectivity index (χ1) is 9.26. The Balaban J connectivity index is 1.69. The Morgan fingerprint density at radius 2 is 2.32 bits per heavy atom. The predicted octanol–water partition coefficient (Wildman–Crippen LogP) is 3.45. The van der Waals surface area contributed by atoms with Crippen molar-refractivity contribution in [2.75, 3.05) is 11.1 Å². The summed E-state index contributed by atoms with van der Waals surface area (Å²) < 4.78 is 0.895. The number of carbonyl (C=O) groups is 1. The van der Waals surface area contributed by atoms with E-state index < -0.39 is 0 Å². The van der Waals surface area contributed by atoms with Crippen LogP contribution in [0.1, 0.15) is 33.5 Å². The zero-order valence-electron chi connectivity index (χ0n) is 10.4. The van der Waals surface area contributed by atoms with Crippen molar-refractivity contribution in [2.24, 2.45) is 0 Å². The molecule has 19 heavy (non-hydrogen) atoms. The topological polar surface area (TPSA) is 54.9 Å². The third-order valence-corrected chi connectivity index (χ3v) is 5.96. The van der Waals surface area contributed by atoms with Gasteiger partial charge in [0.05, 0.1) is 4.88 Å². The van der Waals surface area contributed by atoms with Crippen molar-refractivity contribution in [3.05, 3.63) is 21.4 Å². The van der Waals surface area contributed by atoms with Crippen LogP contribution in [0.4, 0.5) is 5.13 Å². The monoisotopic (exact) mass is 311 g/mol. The molecule has 100 valence electrons. The van der Waals surface area contributed by atoms with E-state index in [4.69, 9.17) is 0 Å². The summed E-state index contributed by atoms with van der Waals surface area (Å²) in [7, 11) is 0. The van der Waals surface area contributed by atoms with Crippen molar-refractivity contribution in [2.45, 2.75) is 30.5 Å². The van der Waals surface area contributed by atoms with E-state index in [9.17, 15) is 4.79 Å². The number of amides is 1. The molecule has 1 amide bonds. The van der Waals surface area contributed by atoms with Crippen LogP contribution in [-0.2, 0) is 12.8 Å². The minimum atomic E-state index is -0.0661. The van der Waals surface area contributed by atoms with E-state index in [-0.39, 0.29) is 5.91 Å². The lowest BCUT2D eigenvalue weighted by atomic mass is 10.2. The molecule has 7 heteroatoms. The van der Waals surface area contributed by atoms with Crippen molar-refractivity contribution in [1.29, 1.82) is 0 Å². The average molecular weight is 311 g/mol. The van der Waals surface area contributed by atoms with Crippen LogP contribution < -0.4 is 5.32 Å². The predicted molar refractivity (Wildman–Crippen MR) is 80.6 cm³/mol. The molecule has 0 saturated carbocycles. The van der Waals surface area contributed by atoms with Gasteiger partial charge in [-0.3, -0.25) is 10.1 Å². The molecule has 3 rings (SSSR count). The van der Waals surface area contributed by atoms with Crippen molar-refractivity contribution < 1.29 is 4.79 Å². The molecule has 0 bridgehead atoms. The first-order valence-electron chi connectivity index (χ1n) is 6.15. The first kappa shape index (κ1) is 13.1. The Hall–Kier alpha value is -0.920. The summed E-state index contributed by atoms with van der Waals surface area (Å²) >= 11 is 4.66. The highest BCUT2D eigenvalue weighted by Crippen LogP contribution is 2.31. The van der Waals surface area contributed by atoms with Gasteiger partial charge in [0.25, 0.3) is 5.91 Å². The zero-order valence-corrected chi connectivity index (χ0v) is 12.9. The van der Waals surface area contributed by atoms with Crippen molar-refractivity contribution in [3.63, 3.8) is 0 Å². The molecule has 0 aromatic carbocycles. The maximum atomic E-state index is 12.1. The van der Waals surface area contributed by atoms with Gasteiger partial charge >= 0.3 is 0 Å². The number of rotatable bonds is 4. The maximum Gasteiger partial charge on any atom is 0.267 e. The van der Waals surface area contributed by atoms with Crippen LogP contribution in [0.2, 0.25) is 0 Å².